The molecular formula is C30H52. The molecule has 172 valence electrons. The Morgan fingerprint density at radius 1 is 0.533 bits per heavy atom. The van der Waals surface area contributed by atoms with Gasteiger partial charge in [0.25, 0.3) is 0 Å². The molecule has 0 aromatic carbocycles. The lowest BCUT2D eigenvalue weighted by atomic mass is 9.34. The van der Waals surface area contributed by atoms with Crippen molar-refractivity contribution in [3.8, 4) is 0 Å². The second-order valence-electron chi connectivity index (χ2n) is 15.1. The second kappa shape index (κ2) is 6.53. The third-order valence-electron chi connectivity index (χ3n) is 13.9. The summed E-state index contributed by atoms with van der Waals surface area (Å²) in [6, 6.07) is 0. The SMILES string of the molecule is CC1CCC2(CCC3(C)C(CCC4C5CC(C)(C)CCC5(C)CCC43C)C2C)C1C. The van der Waals surface area contributed by atoms with E-state index in [2.05, 4.69) is 55.4 Å². The predicted molar refractivity (Wildman–Crippen MR) is 129 cm³/mol. The highest BCUT2D eigenvalue weighted by atomic mass is 14.7. The third-order valence-corrected chi connectivity index (χ3v) is 13.9. The molecule has 10 unspecified atom stereocenters. The molecule has 5 fully saturated rings. The Hall–Kier alpha value is 0. The molecule has 0 bridgehead atoms. The van der Waals surface area contributed by atoms with E-state index in [4.69, 9.17) is 0 Å². The maximum Gasteiger partial charge on any atom is -0.0238 e. The van der Waals surface area contributed by atoms with Gasteiger partial charge in [-0.1, -0.05) is 55.4 Å². The van der Waals surface area contributed by atoms with Crippen LogP contribution in [0.1, 0.15) is 126 Å². The van der Waals surface area contributed by atoms with E-state index in [1.165, 1.54) is 70.6 Å². The molecule has 0 heterocycles. The number of hydrogen-bond acceptors (Lipinski definition) is 0. The van der Waals surface area contributed by atoms with E-state index in [0.717, 1.165) is 35.5 Å². The van der Waals surface area contributed by atoms with Crippen LogP contribution in [0.4, 0.5) is 0 Å². The molecule has 30 heavy (non-hydrogen) atoms. The van der Waals surface area contributed by atoms with Gasteiger partial charge in [-0.2, -0.15) is 0 Å². The number of rotatable bonds is 0. The molecule has 0 amide bonds. The monoisotopic (exact) mass is 412 g/mol. The smallest absolute Gasteiger partial charge is 0.0238 e. The van der Waals surface area contributed by atoms with Crippen LogP contribution in [0.2, 0.25) is 0 Å². The van der Waals surface area contributed by atoms with Gasteiger partial charge >= 0.3 is 0 Å². The molecule has 0 aliphatic heterocycles. The molecule has 5 saturated carbocycles. The lowest BCUT2D eigenvalue weighted by molar-refractivity contribution is -0.222. The normalized spacial score (nSPS) is 60.0. The number of fused-ring (bicyclic) bond motifs is 5. The fourth-order valence-electron chi connectivity index (χ4n) is 11.1. The van der Waals surface area contributed by atoms with Gasteiger partial charge in [0.05, 0.1) is 0 Å². The summed E-state index contributed by atoms with van der Waals surface area (Å²) in [5, 5.41) is 0. The van der Waals surface area contributed by atoms with Crippen molar-refractivity contribution in [3.05, 3.63) is 0 Å². The predicted octanol–water partition coefficient (Wildman–Crippen LogP) is 9.13. The summed E-state index contributed by atoms with van der Waals surface area (Å²) < 4.78 is 0. The minimum Gasteiger partial charge on any atom is -0.0622 e. The second-order valence-corrected chi connectivity index (χ2v) is 15.1. The van der Waals surface area contributed by atoms with E-state index in [0.29, 0.717) is 27.1 Å². The van der Waals surface area contributed by atoms with Crippen LogP contribution in [-0.2, 0) is 0 Å². The van der Waals surface area contributed by atoms with E-state index in [-0.39, 0.29) is 0 Å². The summed E-state index contributed by atoms with van der Waals surface area (Å²) in [5.41, 5.74) is 3.04. The van der Waals surface area contributed by atoms with Gasteiger partial charge < -0.3 is 0 Å². The van der Waals surface area contributed by atoms with Gasteiger partial charge in [0.15, 0.2) is 0 Å². The first-order chi connectivity index (χ1) is 13.9. The Balaban J connectivity index is 1.48. The van der Waals surface area contributed by atoms with Gasteiger partial charge in [0, 0.05) is 0 Å². The largest absolute Gasteiger partial charge is 0.0622 e. The molecule has 0 saturated heterocycles. The van der Waals surface area contributed by atoms with Crippen molar-refractivity contribution >= 4 is 0 Å². The Labute approximate surface area is 188 Å². The summed E-state index contributed by atoms with van der Waals surface area (Å²) in [4.78, 5) is 0. The molecule has 0 heteroatoms. The van der Waals surface area contributed by atoms with Crippen molar-refractivity contribution in [1.29, 1.82) is 0 Å². The van der Waals surface area contributed by atoms with Gasteiger partial charge in [-0.15, -0.1) is 0 Å². The average Bonchev–Trinajstić information content (AvgIpc) is 2.97. The van der Waals surface area contributed by atoms with Gasteiger partial charge in [-0.05, 0) is 133 Å². The minimum atomic E-state index is 0.569. The highest BCUT2D eigenvalue weighted by Crippen LogP contribution is 2.75. The van der Waals surface area contributed by atoms with E-state index < -0.39 is 0 Å². The van der Waals surface area contributed by atoms with Crippen LogP contribution in [0.3, 0.4) is 0 Å². The van der Waals surface area contributed by atoms with E-state index >= 15 is 0 Å². The molecule has 0 aromatic heterocycles. The van der Waals surface area contributed by atoms with Crippen LogP contribution in [0, 0.1) is 62.6 Å². The third kappa shape index (κ3) is 2.64. The Morgan fingerprint density at radius 3 is 1.80 bits per heavy atom. The molecule has 5 aliphatic carbocycles. The molecule has 10 atom stereocenters. The first-order valence-corrected chi connectivity index (χ1v) is 13.9. The highest BCUT2D eigenvalue weighted by Gasteiger charge is 2.67. The van der Waals surface area contributed by atoms with Crippen LogP contribution in [0.25, 0.3) is 0 Å². The van der Waals surface area contributed by atoms with Gasteiger partial charge in [-0.25, -0.2) is 0 Å². The topological polar surface area (TPSA) is 0 Å². The lowest BCUT2D eigenvalue weighted by Crippen LogP contribution is -2.63. The zero-order chi connectivity index (χ0) is 21.7. The van der Waals surface area contributed by atoms with Crippen molar-refractivity contribution in [2.75, 3.05) is 0 Å². The van der Waals surface area contributed by atoms with Crippen LogP contribution < -0.4 is 0 Å². The zero-order valence-electron chi connectivity index (χ0n) is 21.7. The molecule has 0 N–H and O–H groups in total. The minimum absolute atomic E-state index is 0.569. The highest BCUT2D eigenvalue weighted by molar-refractivity contribution is 5.16. The Kier molecular flexibility index (Phi) is 4.75. The van der Waals surface area contributed by atoms with Crippen molar-refractivity contribution < 1.29 is 0 Å². The van der Waals surface area contributed by atoms with E-state index in [1.807, 2.05) is 0 Å². The summed E-state index contributed by atoms with van der Waals surface area (Å²) in [7, 11) is 0. The van der Waals surface area contributed by atoms with Crippen LogP contribution >= 0.6 is 0 Å². The summed E-state index contributed by atoms with van der Waals surface area (Å²) in [6.07, 6.45) is 16.6. The van der Waals surface area contributed by atoms with Crippen LogP contribution in [-0.4, -0.2) is 0 Å². The molecule has 5 aliphatic rings. The summed E-state index contributed by atoms with van der Waals surface area (Å²) in [5.74, 6) is 5.76. The fraction of sp³-hybridized carbons (Fsp3) is 1.00. The van der Waals surface area contributed by atoms with Gasteiger partial charge in [-0.3, -0.25) is 0 Å². The first kappa shape index (κ1) is 21.8. The maximum atomic E-state index is 2.80. The maximum absolute atomic E-state index is 2.80. The van der Waals surface area contributed by atoms with Crippen LogP contribution in [0.5, 0.6) is 0 Å². The molecule has 0 radical (unpaired) electrons. The van der Waals surface area contributed by atoms with Gasteiger partial charge in [0.2, 0.25) is 0 Å². The summed E-state index contributed by atoms with van der Waals surface area (Å²) >= 11 is 0. The number of hydrogen-bond donors (Lipinski definition) is 0. The Morgan fingerprint density at radius 2 is 1.13 bits per heavy atom. The Bertz CT molecular complexity index is 690. The van der Waals surface area contributed by atoms with Crippen molar-refractivity contribution in [3.63, 3.8) is 0 Å². The van der Waals surface area contributed by atoms with Gasteiger partial charge in [0.1, 0.15) is 0 Å². The van der Waals surface area contributed by atoms with Crippen molar-refractivity contribution in [2.45, 2.75) is 126 Å². The van der Waals surface area contributed by atoms with Crippen LogP contribution in [0.15, 0.2) is 0 Å². The van der Waals surface area contributed by atoms with Crippen molar-refractivity contribution in [2.24, 2.45) is 62.6 Å². The van der Waals surface area contributed by atoms with E-state index in [9.17, 15) is 0 Å². The molecule has 5 rings (SSSR count). The van der Waals surface area contributed by atoms with Crippen molar-refractivity contribution in [1.82, 2.24) is 0 Å². The quantitative estimate of drug-likeness (QED) is 0.372. The first-order valence-electron chi connectivity index (χ1n) is 13.9. The molecular weight excluding hydrogens is 360 g/mol. The average molecular weight is 413 g/mol. The lowest BCUT2D eigenvalue weighted by Gasteiger charge is -2.71. The fourth-order valence-corrected chi connectivity index (χ4v) is 11.1. The summed E-state index contributed by atoms with van der Waals surface area (Å²) in [6.45, 7) is 21.3. The van der Waals surface area contributed by atoms with E-state index in [1.54, 1.807) is 0 Å². The molecule has 1 spiro atoms. The molecule has 0 nitrogen and oxygen atoms in total. The zero-order valence-corrected chi connectivity index (χ0v) is 21.7. The molecule has 0 aromatic rings. The standard InChI is InChI=1S/C30H52/c1-20-11-12-30(21(20)2)18-17-28(7)23(22(30)3)9-10-24-25-19-26(4,5)13-14-27(25,6)15-16-29(24,28)8/h20-25H,9-19H2,1-8H3.